The molecular weight excluding hydrogens is 464 g/mol. The van der Waals surface area contributed by atoms with Gasteiger partial charge in [0.2, 0.25) is 0 Å². The molecule has 36 heavy (non-hydrogen) atoms. The first-order chi connectivity index (χ1) is 17.2. The standard InChI is InChI=1S/C29H37F2NO4/c1-21(9-8-10-22-14-15-23-11-5-6-12-24(23)19-22)26(33)17-16-25-20-29(30,31)28(36)32(25)18-7-3-2-4-13-27(34)35/h5-6,11-12,14-17,19,21,25-26,33H,2-4,7-10,13,18,20H2,1H3,(H,34,35)/t21-,25?,26+/m0/s1. The molecule has 3 rings (SSSR count). The van der Waals surface area contributed by atoms with Gasteiger partial charge < -0.3 is 15.1 Å². The fraction of sp³-hybridized carbons (Fsp3) is 0.517. The quantitative estimate of drug-likeness (QED) is 0.246. The van der Waals surface area contributed by atoms with Gasteiger partial charge in [-0.3, -0.25) is 9.59 Å². The third-order valence-corrected chi connectivity index (χ3v) is 7.03. The van der Waals surface area contributed by atoms with Gasteiger partial charge in [0.05, 0.1) is 12.1 Å². The van der Waals surface area contributed by atoms with Crippen molar-refractivity contribution >= 4 is 22.6 Å². The minimum atomic E-state index is -3.39. The maximum atomic E-state index is 14.1. The molecule has 0 radical (unpaired) electrons. The molecule has 0 bridgehead atoms. The smallest absolute Gasteiger partial charge is 0.327 e. The van der Waals surface area contributed by atoms with Gasteiger partial charge in [0.25, 0.3) is 5.91 Å². The van der Waals surface area contributed by atoms with Crippen molar-refractivity contribution in [3.05, 3.63) is 60.2 Å². The van der Waals surface area contributed by atoms with Crippen LogP contribution >= 0.6 is 0 Å². The normalized spacial score (nSPS) is 19.3. The molecule has 2 N–H and O–H groups in total. The van der Waals surface area contributed by atoms with Crippen LogP contribution in [0.25, 0.3) is 10.8 Å². The molecule has 5 nitrogen and oxygen atoms in total. The predicted octanol–water partition coefficient (Wildman–Crippen LogP) is 5.99. The first kappa shape index (κ1) is 27.8. The van der Waals surface area contributed by atoms with E-state index in [2.05, 4.69) is 30.3 Å². The SMILES string of the molecule is C[C@@H](CCCc1ccc2ccccc2c1)[C@H](O)C=CC1CC(F)(F)C(=O)N1CCCCCCC(=O)O. The molecule has 2 aromatic carbocycles. The number of rotatable bonds is 14. The summed E-state index contributed by atoms with van der Waals surface area (Å²) in [5.41, 5.74) is 1.25. The van der Waals surface area contributed by atoms with Crippen molar-refractivity contribution < 1.29 is 28.6 Å². The van der Waals surface area contributed by atoms with Crippen molar-refractivity contribution in [1.82, 2.24) is 4.90 Å². The Morgan fingerprint density at radius 2 is 1.83 bits per heavy atom. The number of alkyl halides is 2. The summed E-state index contributed by atoms with van der Waals surface area (Å²) in [6.07, 6.45) is 6.86. The number of likely N-dealkylation sites (tertiary alicyclic amines) is 1. The van der Waals surface area contributed by atoms with Gasteiger partial charge in [-0.05, 0) is 54.4 Å². The molecule has 1 unspecified atom stereocenters. The number of hydrogen-bond acceptors (Lipinski definition) is 3. The molecule has 1 amide bonds. The minimum Gasteiger partial charge on any atom is -0.481 e. The largest absolute Gasteiger partial charge is 0.481 e. The molecule has 0 aliphatic carbocycles. The van der Waals surface area contributed by atoms with E-state index in [4.69, 9.17) is 5.11 Å². The van der Waals surface area contributed by atoms with E-state index >= 15 is 0 Å². The van der Waals surface area contributed by atoms with Crippen LogP contribution in [0.3, 0.4) is 0 Å². The van der Waals surface area contributed by atoms with E-state index in [-0.39, 0.29) is 18.9 Å². The van der Waals surface area contributed by atoms with Crippen LogP contribution in [0.15, 0.2) is 54.6 Å². The van der Waals surface area contributed by atoms with Crippen LogP contribution in [0.5, 0.6) is 0 Å². The molecule has 7 heteroatoms. The number of carbonyl (C=O) groups excluding carboxylic acids is 1. The number of benzene rings is 2. The number of aliphatic hydroxyl groups is 1. The fourth-order valence-corrected chi connectivity index (χ4v) is 4.80. The van der Waals surface area contributed by atoms with E-state index in [1.54, 1.807) is 12.2 Å². The second-order valence-corrected chi connectivity index (χ2v) is 9.96. The zero-order valence-corrected chi connectivity index (χ0v) is 20.9. The molecule has 2 aromatic rings. The van der Waals surface area contributed by atoms with Crippen molar-refractivity contribution in [2.75, 3.05) is 6.54 Å². The van der Waals surface area contributed by atoms with E-state index in [0.717, 1.165) is 19.3 Å². The highest BCUT2D eigenvalue weighted by Gasteiger charge is 2.52. The van der Waals surface area contributed by atoms with Crippen LogP contribution in [0, 0.1) is 5.92 Å². The number of unbranched alkanes of at least 4 members (excludes halogenated alkanes) is 3. The first-order valence-corrected chi connectivity index (χ1v) is 12.9. The van der Waals surface area contributed by atoms with Gasteiger partial charge in [0.15, 0.2) is 0 Å². The van der Waals surface area contributed by atoms with E-state index in [0.29, 0.717) is 25.7 Å². The Morgan fingerprint density at radius 1 is 1.11 bits per heavy atom. The van der Waals surface area contributed by atoms with Crippen LogP contribution < -0.4 is 0 Å². The molecular formula is C29H37F2NO4. The average Bonchev–Trinajstić information content (AvgIpc) is 3.07. The fourth-order valence-electron chi connectivity index (χ4n) is 4.80. The monoisotopic (exact) mass is 501 g/mol. The molecule has 196 valence electrons. The van der Waals surface area contributed by atoms with Gasteiger partial charge in [-0.2, -0.15) is 8.78 Å². The highest BCUT2D eigenvalue weighted by atomic mass is 19.3. The Morgan fingerprint density at radius 3 is 2.58 bits per heavy atom. The number of aryl methyl sites for hydroxylation is 1. The first-order valence-electron chi connectivity index (χ1n) is 12.9. The van der Waals surface area contributed by atoms with Gasteiger partial charge in [0, 0.05) is 19.4 Å². The topological polar surface area (TPSA) is 77.8 Å². The third kappa shape index (κ3) is 7.85. The Hall–Kier alpha value is -2.80. The summed E-state index contributed by atoms with van der Waals surface area (Å²) in [6, 6.07) is 13.9. The number of aliphatic carboxylic acids is 1. The van der Waals surface area contributed by atoms with Crippen LogP contribution in [-0.2, 0) is 16.0 Å². The van der Waals surface area contributed by atoms with Crippen LogP contribution in [-0.4, -0.2) is 51.6 Å². The molecule has 0 saturated carbocycles. The molecule has 1 fully saturated rings. The van der Waals surface area contributed by atoms with Crippen molar-refractivity contribution in [2.24, 2.45) is 5.92 Å². The van der Waals surface area contributed by atoms with Crippen LogP contribution in [0.1, 0.15) is 63.9 Å². The maximum absolute atomic E-state index is 14.1. The summed E-state index contributed by atoms with van der Waals surface area (Å²) >= 11 is 0. The number of halogens is 2. The summed E-state index contributed by atoms with van der Waals surface area (Å²) in [5, 5.41) is 21.7. The number of amides is 1. The second-order valence-electron chi connectivity index (χ2n) is 9.96. The van der Waals surface area contributed by atoms with Crippen molar-refractivity contribution in [2.45, 2.75) is 82.8 Å². The van der Waals surface area contributed by atoms with Gasteiger partial charge in [-0.15, -0.1) is 0 Å². The second kappa shape index (κ2) is 12.9. The lowest BCUT2D eigenvalue weighted by Gasteiger charge is -2.22. The Labute approximate surface area is 211 Å². The van der Waals surface area contributed by atoms with Crippen LogP contribution in [0.2, 0.25) is 0 Å². The van der Waals surface area contributed by atoms with Crippen LogP contribution in [0.4, 0.5) is 8.78 Å². The lowest BCUT2D eigenvalue weighted by molar-refractivity contribution is -0.148. The van der Waals surface area contributed by atoms with Gasteiger partial charge in [0.1, 0.15) is 0 Å². The van der Waals surface area contributed by atoms with Gasteiger partial charge in [-0.25, -0.2) is 0 Å². The number of hydrogen-bond donors (Lipinski definition) is 2. The van der Waals surface area contributed by atoms with Gasteiger partial charge >= 0.3 is 11.9 Å². The average molecular weight is 502 g/mol. The van der Waals surface area contributed by atoms with Crippen molar-refractivity contribution in [3.8, 4) is 0 Å². The maximum Gasteiger partial charge on any atom is 0.327 e. The predicted molar refractivity (Wildman–Crippen MR) is 137 cm³/mol. The zero-order chi connectivity index (χ0) is 26.1. The highest BCUT2D eigenvalue weighted by Crippen LogP contribution is 2.34. The molecule has 1 aliphatic heterocycles. The number of carboxylic acids is 1. The molecule has 1 heterocycles. The van der Waals surface area contributed by atoms with E-state index in [1.165, 1.54) is 21.2 Å². The summed E-state index contributed by atoms with van der Waals surface area (Å²) in [5.74, 6) is -5.45. The summed E-state index contributed by atoms with van der Waals surface area (Å²) in [7, 11) is 0. The van der Waals surface area contributed by atoms with E-state index < -0.39 is 36.4 Å². The lowest BCUT2D eigenvalue weighted by Crippen LogP contribution is -2.36. The summed E-state index contributed by atoms with van der Waals surface area (Å²) < 4.78 is 28.2. The zero-order valence-electron chi connectivity index (χ0n) is 20.9. The minimum absolute atomic E-state index is 0.0398. The Balaban J connectivity index is 1.46. The number of fused-ring (bicyclic) bond motifs is 1. The summed E-state index contributed by atoms with van der Waals surface area (Å²) in [4.78, 5) is 24.0. The van der Waals surface area contributed by atoms with Gasteiger partial charge in [-0.1, -0.05) is 74.4 Å². The number of aliphatic hydroxyl groups excluding tert-OH is 1. The molecule has 1 saturated heterocycles. The van der Waals surface area contributed by atoms with E-state index in [9.17, 15) is 23.5 Å². The molecule has 0 aromatic heterocycles. The Kier molecular flexibility index (Phi) is 9.99. The third-order valence-electron chi connectivity index (χ3n) is 7.03. The number of nitrogens with zero attached hydrogens (tertiary/aromatic N) is 1. The number of carbonyl (C=O) groups is 2. The molecule has 0 spiro atoms. The highest BCUT2D eigenvalue weighted by molar-refractivity contribution is 5.86. The van der Waals surface area contributed by atoms with Crippen molar-refractivity contribution in [1.29, 1.82) is 0 Å². The summed E-state index contributed by atoms with van der Waals surface area (Å²) in [6.45, 7) is 2.15. The molecule has 1 aliphatic rings. The van der Waals surface area contributed by atoms with Crippen molar-refractivity contribution in [3.63, 3.8) is 0 Å². The van der Waals surface area contributed by atoms with E-state index in [1.807, 2.05) is 19.1 Å². The lowest BCUT2D eigenvalue weighted by atomic mass is 9.95. The molecule has 3 atom stereocenters. The Bertz CT molecular complexity index is 1050. The number of carboxylic acid groups (broad SMARTS) is 1.